The molecule has 1 aliphatic rings. The third-order valence-electron chi connectivity index (χ3n) is 4.35. The molecule has 1 aromatic rings. The van der Waals surface area contributed by atoms with E-state index in [9.17, 15) is 18.5 Å². The average Bonchev–Trinajstić information content (AvgIpc) is 2.83. The Balaban J connectivity index is 1.99. The van der Waals surface area contributed by atoms with E-state index in [1.807, 2.05) is 24.3 Å². The molecule has 1 aliphatic heterocycles. The predicted molar refractivity (Wildman–Crippen MR) is 93.0 cm³/mol. The Bertz CT molecular complexity index is 740. The standard InChI is InChI=1S/C18H24N2O3S/c1-18(2,3)15-6-4-14(5-7-15)16(11-19)20-17(21)10-13-8-9-24(22,23)12-13/h4-7,13,16H,8-10,12H2,1-3H3,(H,20,21)/t13-,16+/m1/s1. The summed E-state index contributed by atoms with van der Waals surface area (Å²) in [6.45, 7) is 6.34. The molecule has 2 rings (SSSR count). The van der Waals surface area contributed by atoms with Crippen molar-refractivity contribution in [2.24, 2.45) is 5.92 Å². The molecular weight excluding hydrogens is 324 g/mol. The number of hydrogen-bond acceptors (Lipinski definition) is 4. The van der Waals surface area contributed by atoms with Crippen LogP contribution in [0, 0.1) is 17.2 Å². The van der Waals surface area contributed by atoms with Crippen LogP contribution in [-0.2, 0) is 20.0 Å². The van der Waals surface area contributed by atoms with E-state index in [4.69, 9.17) is 0 Å². The van der Waals surface area contributed by atoms with E-state index >= 15 is 0 Å². The van der Waals surface area contributed by atoms with E-state index in [1.165, 1.54) is 0 Å². The van der Waals surface area contributed by atoms with Gasteiger partial charge in [0.2, 0.25) is 5.91 Å². The van der Waals surface area contributed by atoms with Crippen LogP contribution in [0.5, 0.6) is 0 Å². The first-order valence-electron chi connectivity index (χ1n) is 8.10. The molecule has 24 heavy (non-hydrogen) atoms. The molecule has 0 aliphatic carbocycles. The maximum Gasteiger partial charge on any atom is 0.221 e. The quantitative estimate of drug-likeness (QED) is 0.905. The Labute approximate surface area is 144 Å². The number of nitrogens with one attached hydrogen (secondary N) is 1. The van der Waals surface area contributed by atoms with Crippen molar-refractivity contribution in [2.45, 2.75) is 45.1 Å². The first-order valence-corrected chi connectivity index (χ1v) is 9.93. The lowest BCUT2D eigenvalue weighted by atomic mass is 9.86. The monoisotopic (exact) mass is 348 g/mol. The lowest BCUT2D eigenvalue weighted by molar-refractivity contribution is -0.122. The van der Waals surface area contributed by atoms with Gasteiger partial charge in [0, 0.05) is 6.42 Å². The molecule has 1 N–H and O–H groups in total. The molecule has 1 fully saturated rings. The molecule has 130 valence electrons. The first kappa shape index (κ1) is 18.5. The van der Waals surface area contributed by atoms with Crippen molar-refractivity contribution >= 4 is 15.7 Å². The van der Waals surface area contributed by atoms with Crippen LogP contribution in [-0.4, -0.2) is 25.8 Å². The van der Waals surface area contributed by atoms with Gasteiger partial charge in [-0.25, -0.2) is 8.42 Å². The van der Waals surface area contributed by atoms with Crippen LogP contribution in [0.4, 0.5) is 0 Å². The van der Waals surface area contributed by atoms with Crippen molar-refractivity contribution < 1.29 is 13.2 Å². The smallest absolute Gasteiger partial charge is 0.221 e. The summed E-state index contributed by atoms with van der Waals surface area (Å²) in [6.07, 6.45) is 0.671. The fraction of sp³-hybridized carbons (Fsp3) is 0.556. The molecule has 0 spiro atoms. The molecule has 0 unspecified atom stereocenters. The molecule has 5 nitrogen and oxygen atoms in total. The summed E-state index contributed by atoms with van der Waals surface area (Å²) in [7, 11) is -2.99. The van der Waals surface area contributed by atoms with Gasteiger partial charge in [0.05, 0.1) is 17.6 Å². The van der Waals surface area contributed by atoms with Gasteiger partial charge in [0.1, 0.15) is 6.04 Å². The van der Waals surface area contributed by atoms with Crippen LogP contribution in [0.3, 0.4) is 0 Å². The van der Waals surface area contributed by atoms with Crippen molar-refractivity contribution in [1.29, 1.82) is 5.26 Å². The number of nitrogens with zero attached hydrogens (tertiary/aromatic N) is 1. The van der Waals surface area contributed by atoms with E-state index in [-0.39, 0.29) is 35.2 Å². The fourth-order valence-electron chi connectivity index (χ4n) is 2.88. The number of nitriles is 1. The van der Waals surface area contributed by atoms with Crippen LogP contribution >= 0.6 is 0 Å². The zero-order chi connectivity index (χ0) is 18.0. The van der Waals surface area contributed by atoms with Crippen molar-refractivity contribution in [3.63, 3.8) is 0 Å². The van der Waals surface area contributed by atoms with Crippen LogP contribution < -0.4 is 5.32 Å². The van der Waals surface area contributed by atoms with Crippen molar-refractivity contribution in [3.05, 3.63) is 35.4 Å². The van der Waals surface area contributed by atoms with Crippen LogP contribution in [0.2, 0.25) is 0 Å². The van der Waals surface area contributed by atoms with E-state index in [1.54, 1.807) is 0 Å². The minimum absolute atomic E-state index is 0.0257. The molecule has 1 amide bonds. The highest BCUT2D eigenvalue weighted by Gasteiger charge is 2.30. The van der Waals surface area contributed by atoms with Crippen molar-refractivity contribution in [2.75, 3.05) is 11.5 Å². The molecule has 6 heteroatoms. The van der Waals surface area contributed by atoms with E-state index in [0.29, 0.717) is 6.42 Å². The van der Waals surface area contributed by atoms with E-state index in [2.05, 4.69) is 32.2 Å². The molecular formula is C18H24N2O3S. The Morgan fingerprint density at radius 2 is 1.96 bits per heavy atom. The second-order valence-corrected chi connectivity index (χ2v) is 9.70. The van der Waals surface area contributed by atoms with Gasteiger partial charge in [0.15, 0.2) is 9.84 Å². The SMILES string of the molecule is CC(C)(C)c1ccc([C@H](C#N)NC(=O)C[C@H]2CCS(=O)(=O)C2)cc1. The molecule has 1 heterocycles. The van der Waals surface area contributed by atoms with Gasteiger partial charge in [-0.15, -0.1) is 0 Å². The Morgan fingerprint density at radius 3 is 2.42 bits per heavy atom. The largest absolute Gasteiger partial charge is 0.337 e. The Morgan fingerprint density at radius 1 is 1.33 bits per heavy atom. The number of rotatable bonds is 4. The third-order valence-corrected chi connectivity index (χ3v) is 6.18. The summed E-state index contributed by atoms with van der Waals surface area (Å²) in [5.74, 6) is -0.195. The number of hydrogen-bond donors (Lipinski definition) is 1. The van der Waals surface area contributed by atoms with Gasteiger partial charge in [-0.2, -0.15) is 5.26 Å². The van der Waals surface area contributed by atoms with Gasteiger partial charge in [-0.05, 0) is 28.9 Å². The molecule has 1 aromatic carbocycles. The summed E-state index contributed by atoms with van der Waals surface area (Å²) in [4.78, 5) is 12.1. The van der Waals surface area contributed by atoms with E-state index < -0.39 is 15.9 Å². The van der Waals surface area contributed by atoms with Crippen molar-refractivity contribution in [1.82, 2.24) is 5.32 Å². The van der Waals surface area contributed by atoms with Gasteiger partial charge in [0.25, 0.3) is 0 Å². The molecule has 1 saturated heterocycles. The molecule has 2 atom stereocenters. The third kappa shape index (κ3) is 4.81. The molecule has 0 radical (unpaired) electrons. The summed E-state index contributed by atoms with van der Waals surface area (Å²) in [5.41, 5.74) is 1.92. The number of carbonyl (C=O) groups excluding carboxylic acids is 1. The second-order valence-electron chi connectivity index (χ2n) is 7.47. The van der Waals surface area contributed by atoms with E-state index in [0.717, 1.165) is 11.1 Å². The fourth-order valence-corrected chi connectivity index (χ4v) is 4.74. The van der Waals surface area contributed by atoms with Gasteiger partial charge < -0.3 is 5.32 Å². The normalized spacial score (nSPS) is 21.0. The lowest BCUT2D eigenvalue weighted by Gasteiger charge is -2.20. The topological polar surface area (TPSA) is 87.0 Å². The Kier molecular flexibility index (Phi) is 5.34. The zero-order valence-electron chi connectivity index (χ0n) is 14.4. The number of amides is 1. The lowest BCUT2D eigenvalue weighted by Crippen LogP contribution is -2.29. The van der Waals surface area contributed by atoms with Gasteiger partial charge in [-0.3, -0.25) is 4.79 Å². The number of carbonyl (C=O) groups is 1. The highest BCUT2D eigenvalue weighted by molar-refractivity contribution is 7.91. The molecule has 0 bridgehead atoms. The minimum Gasteiger partial charge on any atom is -0.337 e. The highest BCUT2D eigenvalue weighted by Crippen LogP contribution is 2.25. The highest BCUT2D eigenvalue weighted by atomic mass is 32.2. The van der Waals surface area contributed by atoms with Crippen molar-refractivity contribution in [3.8, 4) is 6.07 Å². The maximum atomic E-state index is 12.1. The van der Waals surface area contributed by atoms with Gasteiger partial charge in [-0.1, -0.05) is 45.0 Å². The van der Waals surface area contributed by atoms with Gasteiger partial charge >= 0.3 is 0 Å². The zero-order valence-corrected chi connectivity index (χ0v) is 15.2. The summed E-state index contributed by atoms with van der Waals surface area (Å²) in [5, 5.41) is 12.0. The number of benzene rings is 1. The first-order chi connectivity index (χ1) is 11.1. The Hall–Kier alpha value is -1.87. The average molecular weight is 348 g/mol. The minimum atomic E-state index is -2.99. The van der Waals surface area contributed by atoms with Crippen LogP contribution in [0.1, 0.15) is 50.8 Å². The van der Waals surface area contributed by atoms with Crippen LogP contribution in [0.25, 0.3) is 0 Å². The maximum absolute atomic E-state index is 12.1. The number of sulfone groups is 1. The molecule has 0 aromatic heterocycles. The predicted octanol–water partition coefficient (Wildman–Crippen LogP) is 2.49. The second kappa shape index (κ2) is 6.94. The summed E-state index contributed by atoms with van der Waals surface area (Å²) in [6, 6.07) is 9.03. The summed E-state index contributed by atoms with van der Waals surface area (Å²) >= 11 is 0. The summed E-state index contributed by atoms with van der Waals surface area (Å²) < 4.78 is 22.9. The van der Waals surface area contributed by atoms with Crippen LogP contribution in [0.15, 0.2) is 24.3 Å². The molecule has 0 saturated carbocycles.